The van der Waals surface area contributed by atoms with Gasteiger partial charge in [0.1, 0.15) is 17.6 Å². The van der Waals surface area contributed by atoms with Crippen molar-refractivity contribution in [2.24, 2.45) is 0 Å². The van der Waals surface area contributed by atoms with E-state index in [0.717, 1.165) is 11.4 Å². The van der Waals surface area contributed by atoms with Crippen LogP contribution in [-0.4, -0.2) is 45.5 Å². The van der Waals surface area contributed by atoms with Crippen LogP contribution in [0.25, 0.3) is 0 Å². The van der Waals surface area contributed by atoms with Crippen molar-refractivity contribution in [2.75, 3.05) is 19.7 Å². The van der Waals surface area contributed by atoms with Crippen molar-refractivity contribution in [2.45, 2.75) is 12.5 Å². The second kappa shape index (κ2) is 8.22. The molecule has 1 fully saturated rings. The first kappa shape index (κ1) is 18.2. The number of carbonyl (C=O) groups is 1. The summed E-state index contributed by atoms with van der Waals surface area (Å²) in [6.45, 7) is 1.28. The number of benzene rings is 1. The standard InChI is InChI=1S/C21H19FN4O2/c22-17-6-2-1-4-15(17)12-16-5-3-7-18(25-16)20-14-26(10-11-28-20)21(27)19-13-23-8-9-24-19/h1-9,13,20H,10-12,14H2/t20-/m1/s1. The zero-order valence-electron chi connectivity index (χ0n) is 15.2. The number of hydrogen-bond acceptors (Lipinski definition) is 5. The van der Waals surface area contributed by atoms with E-state index in [1.165, 1.54) is 24.7 Å². The molecule has 1 aliphatic heterocycles. The van der Waals surface area contributed by atoms with Crippen molar-refractivity contribution in [1.82, 2.24) is 19.9 Å². The van der Waals surface area contributed by atoms with Crippen LogP contribution in [0.4, 0.5) is 4.39 Å². The lowest BCUT2D eigenvalue weighted by Crippen LogP contribution is -2.42. The maximum atomic E-state index is 13.9. The second-order valence-corrected chi connectivity index (χ2v) is 6.52. The third-order valence-electron chi connectivity index (χ3n) is 4.62. The van der Waals surface area contributed by atoms with Crippen LogP contribution in [0.2, 0.25) is 0 Å². The van der Waals surface area contributed by atoms with E-state index in [1.54, 1.807) is 17.0 Å². The maximum Gasteiger partial charge on any atom is 0.274 e. The number of rotatable bonds is 4. The van der Waals surface area contributed by atoms with Crippen LogP contribution in [0.1, 0.15) is 33.5 Å². The smallest absolute Gasteiger partial charge is 0.274 e. The molecule has 7 heteroatoms. The van der Waals surface area contributed by atoms with Crippen molar-refractivity contribution in [3.8, 4) is 0 Å². The lowest BCUT2D eigenvalue weighted by molar-refractivity contribution is -0.0250. The summed E-state index contributed by atoms with van der Waals surface area (Å²) in [6, 6.07) is 12.3. The summed E-state index contributed by atoms with van der Waals surface area (Å²) < 4.78 is 19.8. The highest BCUT2D eigenvalue weighted by Crippen LogP contribution is 2.22. The van der Waals surface area contributed by atoms with Crippen LogP contribution in [0.3, 0.4) is 0 Å². The van der Waals surface area contributed by atoms with Crippen LogP contribution in [0.15, 0.2) is 61.1 Å². The molecule has 142 valence electrons. The summed E-state index contributed by atoms with van der Waals surface area (Å²) >= 11 is 0. The summed E-state index contributed by atoms with van der Waals surface area (Å²) in [5.74, 6) is -0.423. The average molecular weight is 378 g/mol. The van der Waals surface area contributed by atoms with Gasteiger partial charge in [-0.2, -0.15) is 0 Å². The highest BCUT2D eigenvalue weighted by atomic mass is 19.1. The van der Waals surface area contributed by atoms with E-state index in [0.29, 0.717) is 37.4 Å². The molecular weight excluding hydrogens is 359 g/mol. The van der Waals surface area contributed by atoms with Gasteiger partial charge in [0.2, 0.25) is 0 Å². The topological polar surface area (TPSA) is 68.2 Å². The number of halogens is 1. The Hall–Kier alpha value is -3.19. The zero-order chi connectivity index (χ0) is 19.3. The lowest BCUT2D eigenvalue weighted by atomic mass is 10.1. The Labute approximate surface area is 162 Å². The van der Waals surface area contributed by atoms with Gasteiger partial charge in [-0.05, 0) is 23.8 Å². The number of aromatic nitrogens is 3. The van der Waals surface area contributed by atoms with Gasteiger partial charge < -0.3 is 9.64 Å². The molecule has 1 aromatic carbocycles. The van der Waals surface area contributed by atoms with Crippen LogP contribution in [-0.2, 0) is 11.2 Å². The summed E-state index contributed by atoms with van der Waals surface area (Å²) in [5.41, 5.74) is 2.38. The molecule has 0 spiro atoms. The molecular formula is C21H19FN4O2. The molecule has 0 radical (unpaired) electrons. The van der Waals surface area contributed by atoms with Crippen molar-refractivity contribution < 1.29 is 13.9 Å². The molecule has 0 N–H and O–H groups in total. The predicted octanol–water partition coefficient (Wildman–Crippen LogP) is 2.82. The van der Waals surface area contributed by atoms with Crippen molar-refractivity contribution in [3.63, 3.8) is 0 Å². The fourth-order valence-corrected chi connectivity index (χ4v) is 3.20. The SMILES string of the molecule is O=C(c1cnccn1)N1CCO[C@@H](c2cccc(Cc3ccccc3F)n2)C1. The van der Waals surface area contributed by atoms with E-state index < -0.39 is 0 Å². The van der Waals surface area contributed by atoms with Gasteiger partial charge >= 0.3 is 0 Å². The third-order valence-corrected chi connectivity index (χ3v) is 4.62. The molecule has 1 atom stereocenters. The van der Waals surface area contributed by atoms with E-state index in [4.69, 9.17) is 4.74 Å². The number of ether oxygens (including phenoxy) is 1. The normalized spacial score (nSPS) is 16.8. The Bertz CT molecular complexity index is 967. The van der Waals surface area contributed by atoms with Crippen LogP contribution in [0, 0.1) is 5.82 Å². The minimum Gasteiger partial charge on any atom is -0.368 e. The van der Waals surface area contributed by atoms with Gasteiger partial charge in [0, 0.05) is 31.1 Å². The fourth-order valence-electron chi connectivity index (χ4n) is 3.20. The summed E-state index contributed by atoms with van der Waals surface area (Å²) in [7, 11) is 0. The number of nitrogens with zero attached hydrogens (tertiary/aromatic N) is 4. The van der Waals surface area contributed by atoms with E-state index in [1.807, 2.05) is 24.3 Å². The van der Waals surface area contributed by atoms with Crippen molar-refractivity contribution in [3.05, 3.63) is 89.5 Å². The van der Waals surface area contributed by atoms with E-state index >= 15 is 0 Å². The van der Waals surface area contributed by atoms with Crippen LogP contribution >= 0.6 is 0 Å². The predicted molar refractivity (Wildman–Crippen MR) is 100 cm³/mol. The van der Waals surface area contributed by atoms with Crippen LogP contribution < -0.4 is 0 Å². The Morgan fingerprint density at radius 1 is 1.18 bits per heavy atom. The van der Waals surface area contributed by atoms with Gasteiger partial charge in [-0.15, -0.1) is 0 Å². The first-order valence-electron chi connectivity index (χ1n) is 9.07. The van der Waals surface area contributed by atoms with Gasteiger partial charge in [-0.1, -0.05) is 24.3 Å². The van der Waals surface area contributed by atoms with Crippen molar-refractivity contribution >= 4 is 5.91 Å². The molecule has 0 unspecified atom stereocenters. The first-order valence-corrected chi connectivity index (χ1v) is 9.07. The zero-order valence-corrected chi connectivity index (χ0v) is 15.2. The highest BCUT2D eigenvalue weighted by molar-refractivity contribution is 5.92. The Morgan fingerprint density at radius 2 is 2.07 bits per heavy atom. The van der Waals surface area contributed by atoms with Crippen molar-refractivity contribution in [1.29, 1.82) is 0 Å². The molecule has 1 amide bonds. The molecule has 1 saturated heterocycles. The van der Waals surface area contributed by atoms with Gasteiger partial charge in [0.25, 0.3) is 5.91 Å². The fraction of sp³-hybridized carbons (Fsp3) is 0.238. The summed E-state index contributed by atoms with van der Waals surface area (Å²) in [6.07, 6.45) is 4.55. The molecule has 28 heavy (non-hydrogen) atoms. The van der Waals surface area contributed by atoms with Crippen LogP contribution in [0.5, 0.6) is 0 Å². The quantitative estimate of drug-likeness (QED) is 0.698. The molecule has 1 aliphatic rings. The number of pyridine rings is 1. The Morgan fingerprint density at radius 3 is 2.89 bits per heavy atom. The first-order chi connectivity index (χ1) is 13.7. The average Bonchev–Trinajstić information content (AvgIpc) is 2.76. The Balaban J connectivity index is 1.49. The molecule has 2 aromatic heterocycles. The summed E-state index contributed by atoms with van der Waals surface area (Å²) in [4.78, 5) is 27.0. The maximum absolute atomic E-state index is 13.9. The van der Waals surface area contributed by atoms with Gasteiger partial charge in [0.05, 0.1) is 25.0 Å². The lowest BCUT2D eigenvalue weighted by Gasteiger charge is -2.32. The largest absolute Gasteiger partial charge is 0.368 e. The van der Waals surface area contributed by atoms with Gasteiger partial charge in [-0.3, -0.25) is 14.8 Å². The molecule has 3 aromatic rings. The van der Waals surface area contributed by atoms with Gasteiger partial charge in [-0.25, -0.2) is 9.37 Å². The molecule has 0 bridgehead atoms. The van der Waals surface area contributed by atoms with E-state index in [9.17, 15) is 9.18 Å². The number of morpholine rings is 1. The Kier molecular flexibility index (Phi) is 5.34. The van der Waals surface area contributed by atoms with Gasteiger partial charge in [0.15, 0.2) is 0 Å². The second-order valence-electron chi connectivity index (χ2n) is 6.52. The minimum absolute atomic E-state index is 0.177. The summed E-state index contributed by atoms with van der Waals surface area (Å²) in [5, 5.41) is 0. The minimum atomic E-state index is -0.338. The molecule has 0 aliphatic carbocycles. The van der Waals surface area contributed by atoms with E-state index in [-0.39, 0.29) is 17.8 Å². The molecule has 3 heterocycles. The molecule has 0 saturated carbocycles. The number of carbonyl (C=O) groups excluding carboxylic acids is 1. The molecule has 6 nitrogen and oxygen atoms in total. The monoisotopic (exact) mass is 378 g/mol. The van der Waals surface area contributed by atoms with E-state index in [2.05, 4.69) is 15.0 Å². The third kappa shape index (κ3) is 4.04. The number of hydrogen-bond donors (Lipinski definition) is 0. The number of amides is 1. The highest BCUT2D eigenvalue weighted by Gasteiger charge is 2.27. The molecule has 4 rings (SSSR count).